The number of imidazole rings is 2. The molecule has 4 heterocycles. The highest BCUT2D eigenvalue weighted by molar-refractivity contribution is 6.35. The second kappa shape index (κ2) is 14.6. The van der Waals surface area contributed by atoms with Gasteiger partial charge in [-0.05, 0) is 61.8 Å². The minimum absolute atomic E-state index is 0.189. The van der Waals surface area contributed by atoms with Gasteiger partial charge in [-0.15, -0.1) is 0 Å². The topological polar surface area (TPSA) is 146 Å². The summed E-state index contributed by atoms with van der Waals surface area (Å²) in [5, 5.41) is 19.3. The fraction of sp³-hybridized carbons (Fsp3) is 0.513. The Labute approximate surface area is 309 Å². The lowest BCUT2D eigenvalue weighted by Crippen LogP contribution is -2.46. The number of benzene rings is 1. The SMILES string of the molecule is Cn1c(C(=O)Nc2cccc(C3=CC=CC(NC(=O)c4nc5c(n4C)CCNC5)C3(C)C)c2Cl)nc2c1CCN(CC[C@H]1CC[C@H](C(=O)O)CC1)C2. The smallest absolute Gasteiger partial charge is 0.306 e. The largest absolute Gasteiger partial charge is 0.481 e. The number of halogens is 1. The maximum absolute atomic E-state index is 13.7. The van der Waals surface area contributed by atoms with Gasteiger partial charge in [0.25, 0.3) is 11.8 Å². The molecule has 1 atom stereocenters. The molecule has 2 aliphatic carbocycles. The van der Waals surface area contributed by atoms with Crippen molar-refractivity contribution in [2.45, 2.75) is 77.9 Å². The molecule has 2 amide bonds. The zero-order chi connectivity index (χ0) is 36.7. The molecule has 0 spiro atoms. The number of carbonyl (C=O) groups excluding carboxylic acids is 2. The summed E-state index contributed by atoms with van der Waals surface area (Å²) in [5.41, 5.74) is 5.66. The molecule has 1 aromatic carbocycles. The summed E-state index contributed by atoms with van der Waals surface area (Å²) >= 11 is 7.06. The fourth-order valence-electron chi connectivity index (χ4n) is 8.47. The maximum atomic E-state index is 13.7. The molecule has 0 saturated heterocycles. The van der Waals surface area contributed by atoms with E-state index >= 15 is 0 Å². The van der Waals surface area contributed by atoms with Crippen LogP contribution >= 0.6 is 11.6 Å². The molecule has 52 heavy (non-hydrogen) atoms. The average Bonchev–Trinajstić information content (AvgIpc) is 3.65. The van der Waals surface area contributed by atoms with Crippen LogP contribution in [0.25, 0.3) is 5.57 Å². The van der Waals surface area contributed by atoms with Crippen molar-refractivity contribution in [2.75, 3.05) is 25.0 Å². The molecule has 1 unspecified atom stereocenters. The number of rotatable bonds is 9. The zero-order valence-electron chi connectivity index (χ0n) is 30.5. The molecule has 0 radical (unpaired) electrons. The second-order valence-electron chi connectivity index (χ2n) is 15.3. The zero-order valence-corrected chi connectivity index (χ0v) is 31.2. The van der Waals surface area contributed by atoms with Crippen molar-refractivity contribution in [3.8, 4) is 0 Å². The van der Waals surface area contributed by atoms with Crippen LogP contribution < -0.4 is 16.0 Å². The summed E-state index contributed by atoms with van der Waals surface area (Å²) in [6, 6.07) is 5.28. The van der Waals surface area contributed by atoms with Crippen molar-refractivity contribution < 1.29 is 19.5 Å². The van der Waals surface area contributed by atoms with Crippen molar-refractivity contribution in [3.05, 3.63) is 81.4 Å². The van der Waals surface area contributed by atoms with Gasteiger partial charge in [0.05, 0.1) is 34.1 Å². The summed E-state index contributed by atoms with van der Waals surface area (Å²) in [4.78, 5) is 50.4. The van der Waals surface area contributed by atoms with Gasteiger partial charge in [0, 0.05) is 69.9 Å². The highest BCUT2D eigenvalue weighted by Crippen LogP contribution is 2.44. The Kier molecular flexibility index (Phi) is 10.2. The lowest BCUT2D eigenvalue weighted by atomic mass is 9.71. The number of carboxylic acid groups (broad SMARTS) is 1. The number of amides is 2. The molecule has 7 rings (SSSR count). The Hall–Kier alpha value is -4.26. The van der Waals surface area contributed by atoms with E-state index in [9.17, 15) is 19.5 Å². The van der Waals surface area contributed by atoms with E-state index in [1.165, 1.54) is 0 Å². The number of allylic oxidation sites excluding steroid dienone is 2. The fourth-order valence-corrected chi connectivity index (χ4v) is 8.75. The van der Waals surface area contributed by atoms with Crippen molar-refractivity contribution in [1.29, 1.82) is 0 Å². The number of nitrogens with zero attached hydrogens (tertiary/aromatic N) is 5. The molecule has 4 aliphatic rings. The molecule has 1 fully saturated rings. The Morgan fingerprint density at radius 3 is 2.44 bits per heavy atom. The van der Waals surface area contributed by atoms with Gasteiger partial charge in [-0.2, -0.15) is 0 Å². The third kappa shape index (κ3) is 6.95. The maximum Gasteiger partial charge on any atom is 0.306 e. The molecule has 2 aliphatic heterocycles. The minimum Gasteiger partial charge on any atom is -0.481 e. The van der Waals surface area contributed by atoms with Crippen LogP contribution in [0.2, 0.25) is 5.02 Å². The van der Waals surface area contributed by atoms with E-state index in [0.29, 0.717) is 41.4 Å². The van der Waals surface area contributed by atoms with Gasteiger partial charge in [0.15, 0.2) is 11.6 Å². The minimum atomic E-state index is -0.664. The third-order valence-corrected chi connectivity index (χ3v) is 12.2. The number of fused-ring (bicyclic) bond motifs is 2. The monoisotopic (exact) mass is 728 g/mol. The summed E-state index contributed by atoms with van der Waals surface area (Å²) in [7, 11) is 3.79. The summed E-state index contributed by atoms with van der Waals surface area (Å²) in [6.07, 6.45) is 12.1. The van der Waals surface area contributed by atoms with Crippen LogP contribution in [0.3, 0.4) is 0 Å². The lowest BCUT2D eigenvalue weighted by molar-refractivity contribution is -0.143. The molecule has 3 aromatic rings. The summed E-state index contributed by atoms with van der Waals surface area (Å²) in [6.45, 7) is 8.20. The van der Waals surface area contributed by atoms with E-state index < -0.39 is 11.4 Å². The van der Waals surface area contributed by atoms with Gasteiger partial charge in [-0.1, -0.05) is 55.8 Å². The molecule has 13 heteroatoms. The van der Waals surface area contributed by atoms with Crippen LogP contribution in [0.5, 0.6) is 0 Å². The van der Waals surface area contributed by atoms with Gasteiger partial charge in [-0.3, -0.25) is 19.3 Å². The molecule has 0 bridgehead atoms. The van der Waals surface area contributed by atoms with Crippen LogP contribution in [-0.4, -0.2) is 72.6 Å². The normalized spacial score (nSPS) is 22.6. The van der Waals surface area contributed by atoms with Gasteiger partial charge >= 0.3 is 5.97 Å². The number of hydrogen-bond donors (Lipinski definition) is 4. The van der Waals surface area contributed by atoms with Crippen LogP contribution in [0.15, 0.2) is 36.4 Å². The van der Waals surface area contributed by atoms with Crippen molar-refractivity contribution >= 4 is 40.6 Å². The summed E-state index contributed by atoms with van der Waals surface area (Å²) < 4.78 is 3.80. The van der Waals surface area contributed by atoms with Crippen LogP contribution in [0.1, 0.15) is 95.5 Å². The molecule has 276 valence electrons. The molecular weight excluding hydrogens is 680 g/mol. The Morgan fingerprint density at radius 2 is 1.71 bits per heavy atom. The van der Waals surface area contributed by atoms with E-state index in [0.717, 1.165) is 98.5 Å². The predicted molar refractivity (Wildman–Crippen MR) is 200 cm³/mol. The second-order valence-corrected chi connectivity index (χ2v) is 15.7. The highest BCUT2D eigenvalue weighted by Gasteiger charge is 2.37. The van der Waals surface area contributed by atoms with Crippen LogP contribution in [0, 0.1) is 17.3 Å². The Bertz CT molecular complexity index is 1950. The number of aliphatic carboxylic acids is 1. The number of hydrogen-bond acceptors (Lipinski definition) is 7. The Balaban J connectivity index is 1.01. The number of nitrogens with one attached hydrogen (secondary N) is 3. The number of aromatic nitrogens is 4. The first-order chi connectivity index (χ1) is 24.9. The first kappa shape index (κ1) is 36.1. The van der Waals surface area contributed by atoms with Gasteiger partial charge < -0.3 is 30.2 Å². The standard InChI is InChI=1S/C39H49ClN8O4/c1-39(2)26(8-6-10-32(39)45-37(50)35-42-28-21-41-18-15-30(28)46(35)3)25-7-5-9-27(33(25)40)44-36(49)34-43-29-22-48(20-17-31(29)47(34)4)19-16-23-11-13-24(14-12-23)38(51)52/h5-10,23-24,32,41H,11-22H2,1-4H3,(H,44,49)(H,45,50)(H,51,52)/t23-,24-,32?. The molecule has 2 aromatic heterocycles. The molecule has 12 nitrogen and oxygen atoms in total. The average molecular weight is 729 g/mol. The summed E-state index contributed by atoms with van der Waals surface area (Å²) in [5.74, 6) is -0.102. The number of carbonyl (C=O) groups is 3. The highest BCUT2D eigenvalue weighted by atomic mass is 35.5. The number of anilines is 1. The van der Waals surface area contributed by atoms with Crippen molar-refractivity contribution in [2.24, 2.45) is 31.3 Å². The van der Waals surface area contributed by atoms with E-state index in [1.54, 1.807) is 6.07 Å². The Morgan fingerprint density at radius 1 is 1.00 bits per heavy atom. The first-order valence-corrected chi connectivity index (χ1v) is 18.8. The van der Waals surface area contributed by atoms with E-state index in [1.807, 2.05) is 53.6 Å². The van der Waals surface area contributed by atoms with Crippen molar-refractivity contribution in [1.82, 2.24) is 34.6 Å². The van der Waals surface area contributed by atoms with Gasteiger partial charge in [-0.25, -0.2) is 9.97 Å². The van der Waals surface area contributed by atoms with Crippen molar-refractivity contribution in [3.63, 3.8) is 0 Å². The van der Waals surface area contributed by atoms with E-state index in [-0.39, 0.29) is 23.8 Å². The lowest BCUT2D eigenvalue weighted by Gasteiger charge is -2.38. The van der Waals surface area contributed by atoms with E-state index in [4.69, 9.17) is 16.6 Å². The van der Waals surface area contributed by atoms with Crippen LogP contribution in [-0.2, 0) is 44.8 Å². The third-order valence-electron chi connectivity index (χ3n) is 11.8. The van der Waals surface area contributed by atoms with Gasteiger partial charge in [0.2, 0.25) is 0 Å². The van der Waals surface area contributed by atoms with Crippen LogP contribution in [0.4, 0.5) is 5.69 Å². The predicted octanol–water partition coefficient (Wildman–Crippen LogP) is 5.12. The van der Waals surface area contributed by atoms with Gasteiger partial charge in [0.1, 0.15) is 0 Å². The number of carboxylic acids is 1. The van der Waals surface area contributed by atoms with E-state index in [2.05, 4.69) is 39.7 Å². The quantitative estimate of drug-likeness (QED) is 0.238. The first-order valence-electron chi connectivity index (χ1n) is 18.5. The molecule has 4 N–H and O–H groups in total. The molecule has 1 saturated carbocycles. The molecular formula is C39H49ClN8O4.